The maximum atomic E-state index is 12.3. The van der Waals surface area contributed by atoms with Crippen molar-refractivity contribution in [2.45, 2.75) is 43.8 Å². The summed E-state index contributed by atoms with van der Waals surface area (Å²) in [6.45, 7) is 0. The van der Waals surface area contributed by atoms with Gasteiger partial charge in [-0.25, -0.2) is 0 Å². The number of carbonyl (C=O) groups excluding carboxylic acids is 1. The summed E-state index contributed by atoms with van der Waals surface area (Å²) < 4.78 is 0. The van der Waals surface area contributed by atoms with Crippen molar-refractivity contribution in [1.29, 1.82) is 0 Å². The van der Waals surface area contributed by atoms with Crippen LogP contribution in [0.15, 0.2) is 30.5 Å². The van der Waals surface area contributed by atoms with Gasteiger partial charge in [0.2, 0.25) is 0 Å². The second-order valence-corrected chi connectivity index (χ2v) is 6.05. The number of carboxylic acid groups (broad SMARTS) is 1. The first-order valence-electron chi connectivity index (χ1n) is 7.98. The van der Waals surface area contributed by atoms with Crippen LogP contribution in [0.5, 0.6) is 0 Å². The SMILES string of the molecule is NC(CCC[C@H](N)C(=O)O)C(=O)[C@@H](N)Cc1c[nH]c2ccccc12. The number of rotatable bonds is 9. The lowest BCUT2D eigenvalue weighted by atomic mass is 9.95. The summed E-state index contributed by atoms with van der Waals surface area (Å²) in [7, 11) is 0. The van der Waals surface area contributed by atoms with E-state index in [9.17, 15) is 9.59 Å². The fourth-order valence-electron chi connectivity index (χ4n) is 2.74. The fourth-order valence-corrected chi connectivity index (χ4v) is 2.74. The summed E-state index contributed by atoms with van der Waals surface area (Å²) in [5.41, 5.74) is 19.3. The van der Waals surface area contributed by atoms with Crippen LogP contribution in [0.25, 0.3) is 10.9 Å². The minimum Gasteiger partial charge on any atom is -0.480 e. The van der Waals surface area contributed by atoms with E-state index in [-0.39, 0.29) is 12.2 Å². The van der Waals surface area contributed by atoms with E-state index < -0.39 is 24.1 Å². The van der Waals surface area contributed by atoms with E-state index >= 15 is 0 Å². The third-order valence-corrected chi connectivity index (χ3v) is 4.19. The zero-order valence-corrected chi connectivity index (χ0v) is 13.4. The van der Waals surface area contributed by atoms with Crippen LogP contribution >= 0.6 is 0 Å². The Balaban J connectivity index is 1.88. The molecular weight excluding hydrogens is 308 g/mol. The molecule has 0 aliphatic carbocycles. The second kappa shape index (κ2) is 8.05. The first-order chi connectivity index (χ1) is 11.4. The number of hydrogen-bond donors (Lipinski definition) is 5. The van der Waals surface area contributed by atoms with Gasteiger partial charge >= 0.3 is 5.97 Å². The molecule has 0 saturated carbocycles. The van der Waals surface area contributed by atoms with Crippen LogP contribution in [0.2, 0.25) is 0 Å². The van der Waals surface area contributed by atoms with Crippen molar-refractivity contribution in [2.24, 2.45) is 17.2 Å². The number of H-pyrrole nitrogens is 1. The molecule has 0 aliphatic heterocycles. The van der Waals surface area contributed by atoms with Gasteiger partial charge in [-0.05, 0) is 37.3 Å². The second-order valence-electron chi connectivity index (χ2n) is 6.05. The molecule has 2 aromatic rings. The summed E-state index contributed by atoms with van der Waals surface area (Å²) in [5.74, 6) is -1.27. The molecule has 7 heteroatoms. The molecule has 0 fully saturated rings. The van der Waals surface area contributed by atoms with Gasteiger partial charge in [0, 0.05) is 17.1 Å². The van der Waals surface area contributed by atoms with Crippen LogP contribution in [-0.2, 0) is 16.0 Å². The van der Waals surface area contributed by atoms with E-state index in [4.69, 9.17) is 22.3 Å². The number of benzene rings is 1. The maximum absolute atomic E-state index is 12.3. The molecule has 0 saturated heterocycles. The molecule has 8 N–H and O–H groups in total. The van der Waals surface area contributed by atoms with Crippen molar-refractivity contribution < 1.29 is 14.7 Å². The van der Waals surface area contributed by atoms with Crippen molar-refractivity contribution in [3.63, 3.8) is 0 Å². The highest BCUT2D eigenvalue weighted by atomic mass is 16.4. The number of hydrogen-bond acceptors (Lipinski definition) is 5. The summed E-state index contributed by atoms with van der Waals surface area (Å²) in [4.78, 5) is 26.1. The fraction of sp³-hybridized carbons (Fsp3) is 0.412. The van der Waals surface area contributed by atoms with Gasteiger partial charge < -0.3 is 27.3 Å². The molecule has 0 radical (unpaired) electrons. The molecule has 1 unspecified atom stereocenters. The minimum atomic E-state index is -1.05. The Bertz CT molecular complexity index is 713. The predicted molar refractivity (Wildman–Crippen MR) is 92.4 cm³/mol. The zero-order valence-electron chi connectivity index (χ0n) is 13.4. The molecule has 0 bridgehead atoms. The van der Waals surface area contributed by atoms with Gasteiger partial charge in [-0.3, -0.25) is 9.59 Å². The lowest BCUT2D eigenvalue weighted by Gasteiger charge is -2.16. The highest BCUT2D eigenvalue weighted by Gasteiger charge is 2.22. The van der Waals surface area contributed by atoms with Crippen molar-refractivity contribution in [3.05, 3.63) is 36.0 Å². The van der Waals surface area contributed by atoms with Gasteiger partial charge in [0.15, 0.2) is 5.78 Å². The number of carboxylic acids is 1. The number of para-hydroxylation sites is 1. The van der Waals surface area contributed by atoms with Crippen molar-refractivity contribution in [1.82, 2.24) is 4.98 Å². The van der Waals surface area contributed by atoms with Crippen LogP contribution in [0.1, 0.15) is 24.8 Å². The van der Waals surface area contributed by atoms with E-state index in [1.807, 2.05) is 30.5 Å². The first kappa shape index (κ1) is 18.1. The number of aromatic amines is 1. The lowest BCUT2D eigenvalue weighted by molar-refractivity contribution is -0.138. The number of nitrogens with one attached hydrogen (secondary N) is 1. The Morgan fingerprint density at radius 2 is 1.71 bits per heavy atom. The van der Waals surface area contributed by atoms with E-state index in [0.717, 1.165) is 16.5 Å². The average Bonchev–Trinajstić information content (AvgIpc) is 2.96. The number of fused-ring (bicyclic) bond motifs is 1. The van der Waals surface area contributed by atoms with Crippen molar-refractivity contribution >= 4 is 22.7 Å². The normalized spacial score (nSPS) is 15.1. The monoisotopic (exact) mass is 332 g/mol. The summed E-state index contributed by atoms with van der Waals surface area (Å²) >= 11 is 0. The van der Waals surface area contributed by atoms with Gasteiger partial charge in [-0.2, -0.15) is 0 Å². The Kier molecular flexibility index (Phi) is 6.08. The molecule has 1 heterocycles. The number of carbonyl (C=O) groups is 2. The topological polar surface area (TPSA) is 148 Å². The molecule has 130 valence electrons. The summed E-state index contributed by atoms with van der Waals surface area (Å²) in [6, 6.07) is 5.50. The standard InChI is InChI=1S/C17H24N4O3/c18-12(5-3-6-13(19)17(23)24)16(22)14(20)8-10-9-21-15-7-2-1-4-11(10)15/h1-2,4,7,9,12-14,21H,3,5-6,8,18-20H2,(H,23,24)/t12?,13-,14-/m0/s1. The molecule has 7 nitrogen and oxygen atoms in total. The number of Topliss-reactive ketones (excluding diaryl/α,β-unsaturated/α-hetero) is 1. The number of aromatic nitrogens is 1. The third-order valence-electron chi connectivity index (χ3n) is 4.19. The zero-order chi connectivity index (χ0) is 17.7. The summed E-state index contributed by atoms with van der Waals surface area (Å²) in [6.07, 6.45) is 3.40. The minimum absolute atomic E-state index is 0.218. The van der Waals surface area contributed by atoms with Crippen LogP contribution in [0.4, 0.5) is 0 Å². The van der Waals surface area contributed by atoms with E-state index in [1.165, 1.54) is 0 Å². The predicted octanol–water partition coefficient (Wildman–Crippen LogP) is 0.516. The van der Waals surface area contributed by atoms with Crippen molar-refractivity contribution in [2.75, 3.05) is 0 Å². The van der Waals surface area contributed by atoms with E-state index in [0.29, 0.717) is 19.3 Å². The molecule has 0 amide bonds. The average molecular weight is 332 g/mol. The van der Waals surface area contributed by atoms with E-state index in [2.05, 4.69) is 4.98 Å². The van der Waals surface area contributed by atoms with Gasteiger partial charge in [0.1, 0.15) is 6.04 Å². The van der Waals surface area contributed by atoms with E-state index in [1.54, 1.807) is 0 Å². The van der Waals surface area contributed by atoms with Gasteiger partial charge in [0.25, 0.3) is 0 Å². The third kappa shape index (κ3) is 4.41. The summed E-state index contributed by atoms with van der Waals surface area (Å²) in [5, 5.41) is 9.77. The molecule has 3 atom stereocenters. The van der Waals surface area contributed by atoms with Crippen LogP contribution < -0.4 is 17.2 Å². The Morgan fingerprint density at radius 3 is 2.42 bits per heavy atom. The lowest BCUT2D eigenvalue weighted by Crippen LogP contribution is -2.44. The smallest absolute Gasteiger partial charge is 0.320 e. The quantitative estimate of drug-likeness (QED) is 0.452. The first-order valence-corrected chi connectivity index (χ1v) is 7.98. The van der Waals surface area contributed by atoms with Gasteiger partial charge in [-0.15, -0.1) is 0 Å². The highest BCUT2D eigenvalue weighted by molar-refractivity contribution is 5.90. The molecule has 0 spiro atoms. The number of nitrogens with two attached hydrogens (primary N) is 3. The van der Waals surface area contributed by atoms with Gasteiger partial charge in [-0.1, -0.05) is 18.2 Å². The largest absolute Gasteiger partial charge is 0.480 e. The van der Waals surface area contributed by atoms with Crippen LogP contribution in [0, 0.1) is 0 Å². The molecule has 2 rings (SSSR count). The van der Waals surface area contributed by atoms with Crippen LogP contribution in [-0.4, -0.2) is 40.0 Å². The molecule has 24 heavy (non-hydrogen) atoms. The number of ketones is 1. The molecule has 1 aromatic heterocycles. The Hall–Kier alpha value is -2.22. The molecular formula is C17H24N4O3. The van der Waals surface area contributed by atoms with Gasteiger partial charge in [0.05, 0.1) is 12.1 Å². The van der Waals surface area contributed by atoms with Crippen LogP contribution in [0.3, 0.4) is 0 Å². The Morgan fingerprint density at radius 1 is 1.04 bits per heavy atom. The maximum Gasteiger partial charge on any atom is 0.320 e. The molecule has 1 aromatic carbocycles. The van der Waals surface area contributed by atoms with Crippen molar-refractivity contribution in [3.8, 4) is 0 Å². The molecule has 0 aliphatic rings. The number of aliphatic carboxylic acids is 1. The highest BCUT2D eigenvalue weighted by Crippen LogP contribution is 2.19. The Labute approximate surface area is 140 Å².